The van der Waals surface area contributed by atoms with Gasteiger partial charge in [0.25, 0.3) is 0 Å². The van der Waals surface area contributed by atoms with Crippen LogP contribution in [0.5, 0.6) is 11.5 Å². The second-order valence-electron chi connectivity index (χ2n) is 5.99. The minimum absolute atomic E-state index is 0.0379. The number of fused-ring (bicyclic) bond motifs is 1. The fourth-order valence-electron chi connectivity index (χ4n) is 3.07. The third-order valence-corrected chi connectivity index (χ3v) is 4.35. The molecule has 0 saturated heterocycles. The van der Waals surface area contributed by atoms with E-state index in [4.69, 9.17) is 15.2 Å². The fourth-order valence-corrected chi connectivity index (χ4v) is 3.07. The number of benzene rings is 3. The van der Waals surface area contributed by atoms with E-state index in [2.05, 4.69) is 36.4 Å². The van der Waals surface area contributed by atoms with Crippen LogP contribution in [-0.2, 0) is 0 Å². The Balaban J connectivity index is 1.77. The van der Waals surface area contributed by atoms with Crippen molar-refractivity contribution in [1.29, 1.82) is 0 Å². The van der Waals surface area contributed by atoms with Crippen molar-refractivity contribution in [3.63, 3.8) is 0 Å². The summed E-state index contributed by atoms with van der Waals surface area (Å²) < 4.78 is 11.0. The second kappa shape index (κ2) is 6.73. The summed E-state index contributed by atoms with van der Waals surface area (Å²) in [4.78, 5) is 0. The lowest BCUT2D eigenvalue weighted by Gasteiger charge is -2.17. The quantitative estimate of drug-likeness (QED) is 0.696. The normalized spacial score (nSPS) is 13.9. The summed E-state index contributed by atoms with van der Waals surface area (Å²) in [5.41, 5.74) is 10.4. The number of anilines is 1. The summed E-state index contributed by atoms with van der Waals surface area (Å²) in [7, 11) is 0. The van der Waals surface area contributed by atoms with Crippen LogP contribution in [0.1, 0.15) is 22.6 Å². The molecular weight excluding hydrogens is 310 g/mol. The first-order chi connectivity index (χ1) is 12.3. The minimum atomic E-state index is 0.0379. The molecule has 1 unspecified atom stereocenters. The van der Waals surface area contributed by atoms with Crippen LogP contribution in [0, 0.1) is 0 Å². The average molecular weight is 329 g/mol. The molecule has 0 fully saturated rings. The van der Waals surface area contributed by atoms with Crippen molar-refractivity contribution in [3.8, 4) is 11.5 Å². The summed E-state index contributed by atoms with van der Waals surface area (Å²) in [5, 5.41) is 0. The molecular formula is C22H19NO2. The summed E-state index contributed by atoms with van der Waals surface area (Å²) in [6.45, 7) is 0.244. The van der Waals surface area contributed by atoms with Crippen LogP contribution in [-0.4, -0.2) is 6.79 Å². The molecule has 1 aliphatic rings. The molecule has 0 aliphatic carbocycles. The molecule has 3 nitrogen and oxygen atoms in total. The Bertz CT molecular complexity index is 889. The molecule has 1 atom stereocenters. The van der Waals surface area contributed by atoms with Gasteiger partial charge >= 0.3 is 0 Å². The number of rotatable bonds is 4. The molecule has 0 aromatic heterocycles. The van der Waals surface area contributed by atoms with E-state index in [-0.39, 0.29) is 12.7 Å². The van der Waals surface area contributed by atoms with Crippen LogP contribution in [0.2, 0.25) is 0 Å². The van der Waals surface area contributed by atoms with Crippen molar-refractivity contribution in [2.24, 2.45) is 0 Å². The molecule has 0 saturated carbocycles. The van der Waals surface area contributed by atoms with Crippen molar-refractivity contribution in [1.82, 2.24) is 0 Å². The zero-order chi connectivity index (χ0) is 17.1. The maximum absolute atomic E-state index is 6.33. The van der Waals surface area contributed by atoms with Gasteiger partial charge in [0.1, 0.15) is 0 Å². The van der Waals surface area contributed by atoms with Gasteiger partial charge in [-0.05, 0) is 22.8 Å². The molecule has 0 bridgehead atoms. The van der Waals surface area contributed by atoms with Crippen molar-refractivity contribution < 1.29 is 9.47 Å². The molecule has 3 aromatic carbocycles. The molecule has 1 aliphatic heterocycles. The molecule has 3 heteroatoms. The van der Waals surface area contributed by atoms with Crippen molar-refractivity contribution >= 4 is 11.8 Å². The molecule has 1 heterocycles. The molecule has 2 N–H and O–H groups in total. The maximum Gasteiger partial charge on any atom is 0.231 e. The molecule has 0 radical (unpaired) electrons. The summed E-state index contributed by atoms with van der Waals surface area (Å²) >= 11 is 0. The summed E-state index contributed by atoms with van der Waals surface area (Å²) in [6, 6.07) is 24.4. The van der Waals surface area contributed by atoms with Crippen LogP contribution < -0.4 is 15.2 Å². The Morgan fingerprint density at radius 3 is 2.20 bits per heavy atom. The largest absolute Gasteiger partial charge is 0.454 e. The lowest BCUT2D eigenvalue weighted by molar-refractivity contribution is 0.174. The van der Waals surface area contributed by atoms with E-state index in [0.29, 0.717) is 11.4 Å². The van der Waals surface area contributed by atoms with Gasteiger partial charge in [-0.1, -0.05) is 72.8 Å². The number of ether oxygens (including phenoxy) is 2. The van der Waals surface area contributed by atoms with Crippen LogP contribution in [0.3, 0.4) is 0 Å². The monoisotopic (exact) mass is 329 g/mol. The van der Waals surface area contributed by atoms with Crippen LogP contribution in [0.15, 0.2) is 78.9 Å². The average Bonchev–Trinajstić information content (AvgIpc) is 3.11. The van der Waals surface area contributed by atoms with Gasteiger partial charge in [-0.2, -0.15) is 0 Å². The number of hydrogen-bond acceptors (Lipinski definition) is 3. The number of nitrogens with two attached hydrogens (primary N) is 1. The van der Waals surface area contributed by atoms with Crippen molar-refractivity contribution in [3.05, 3.63) is 95.6 Å². The zero-order valence-corrected chi connectivity index (χ0v) is 13.8. The van der Waals surface area contributed by atoms with E-state index >= 15 is 0 Å². The van der Waals surface area contributed by atoms with E-state index in [1.165, 1.54) is 5.56 Å². The predicted molar refractivity (Wildman–Crippen MR) is 101 cm³/mol. The Morgan fingerprint density at radius 2 is 1.48 bits per heavy atom. The Kier molecular flexibility index (Phi) is 4.13. The molecule has 0 amide bonds. The van der Waals surface area contributed by atoms with Gasteiger partial charge in [-0.3, -0.25) is 0 Å². The van der Waals surface area contributed by atoms with Crippen LogP contribution in [0.25, 0.3) is 6.08 Å². The van der Waals surface area contributed by atoms with E-state index in [0.717, 1.165) is 16.9 Å². The molecule has 3 aromatic rings. The third-order valence-electron chi connectivity index (χ3n) is 4.35. The molecule has 4 rings (SSSR count). The number of hydrogen-bond donors (Lipinski definition) is 1. The summed E-state index contributed by atoms with van der Waals surface area (Å²) in [6.07, 6.45) is 4.31. The van der Waals surface area contributed by atoms with Gasteiger partial charge in [0.2, 0.25) is 6.79 Å². The first-order valence-electron chi connectivity index (χ1n) is 8.28. The van der Waals surface area contributed by atoms with E-state index in [1.54, 1.807) is 0 Å². The topological polar surface area (TPSA) is 44.5 Å². The zero-order valence-electron chi connectivity index (χ0n) is 13.8. The minimum Gasteiger partial charge on any atom is -0.454 e. The third kappa shape index (κ3) is 3.22. The van der Waals surface area contributed by atoms with Crippen LogP contribution >= 0.6 is 0 Å². The highest BCUT2D eigenvalue weighted by atomic mass is 16.7. The second-order valence-corrected chi connectivity index (χ2v) is 5.99. The standard InChI is InChI=1S/C22H19NO2/c23-20-14-22-21(24-15-25-22)13-19(20)18(17-9-5-2-6-10-17)12-11-16-7-3-1-4-8-16/h1-14,18H,15,23H2/b12-11+. The smallest absolute Gasteiger partial charge is 0.231 e. The Labute approximate surface area is 147 Å². The molecule has 0 spiro atoms. The first kappa shape index (κ1) is 15.3. The number of nitrogen functional groups attached to an aromatic ring is 1. The predicted octanol–water partition coefficient (Wildman–Crippen LogP) is 4.84. The highest BCUT2D eigenvalue weighted by molar-refractivity contribution is 5.64. The first-order valence-corrected chi connectivity index (χ1v) is 8.28. The summed E-state index contributed by atoms with van der Waals surface area (Å²) in [5.74, 6) is 1.49. The number of allylic oxidation sites excluding steroid dienone is 1. The highest BCUT2D eigenvalue weighted by Crippen LogP contribution is 2.40. The fraction of sp³-hybridized carbons (Fsp3) is 0.0909. The van der Waals surface area contributed by atoms with Gasteiger partial charge in [0.05, 0.1) is 0 Å². The van der Waals surface area contributed by atoms with Crippen LogP contribution in [0.4, 0.5) is 5.69 Å². The molecule has 124 valence electrons. The highest BCUT2D eigenvalue weighted by Gasteiger charge is 2.21. The van der Waals surface area contributed by atoms with E-state index < -0.39 is 0 Å². The van der Waals surface area contributed by atoms with Crippen molar-refractivity contribution in [2.45, 2.75) is 5.92 Å². The molecule has 25 heavy (non-hydrogen) atoms. The maximum atomic E-state index is 6.33. The van der Waals surface area contributed by atoms with Gasteiger partial charge in [0.15, 0.2) is 11.5 Å². The lowest BCUT2D eigenvalue weighted by atomic mass is 9.89. The van der Waals surface area contributed by atoms with Gasteiger partial charge in [0, 0.05) is 17.7 Å². The SMILES string of the molecule is Nc1cc2c(cc1C(/C=C/c1ccccc1)c1ccccc1)OCO2. The van der Waals surface area contributed by atoms with Gasteiger partial charge in [-0.25, -0.2) is 0 Å². The van der Waals surface area contributed by atoms with E-state index in [9.17, 15) is 0 Å². The van der Waals surface area contributed by atoms with Crippen molar-refractivity contribution in [2.75, 3.05) is 12.5 Å². The Morgan fingerprint density at radius 1 is 0.840 bits per heavy atom. The van der Waals surface area contributed by atoms with Gasteiger partial charge in [-0.15, -0.1) is 0 Å². The van der Waals surface area contributed by atoms with Gasteiger partial charge < -0.3 is 15.2 Å². The van der Waals surface area contributed by atoms with E-state index in [1.807, 2.05) is 48.5 Å². The Hall–Kier alpha value is -3.20. The lowest BCUT2D eigenvalue weighted by Crippen LogP contribution is -2.02.